The second kappa shape index (κ2) is 5.53. The molecular formula is C17H18FNO. The maximum atomic E-state index is 13.4. The van der Waals surface area contributed by atoms with Gasteiger partial charge in [-0.05, 0) is 48.2 Å². The molecule has 0 atom stereocenters. The van der Waals surface area contributed by atoms with Crippen LogP contribution in [0.15, 0.2) is 36.4 Å². The summed E-state index contributed by atoms with van der Waals surface area (Å²) in [6.45, 7) is 3.35. The predicted octanol–water partition coefficient (Wildman–Crippen LogP) is 3.72. The largest absolute Gasteiger partial charge is 0.493 e. The van der Waals surface area contributed by atoms with Gasteiger partial charge in [0.25, 0.3) is 0 Å². The van der Waals surface area contributed by atoms with E-state index < -0.39 is 0 Å². The smallest absolute Gasteiger partial charge is 0.128 e. The fraction of sp³-hybridized carbons (Fsp3) is 0.294. The van der Waals surface area contributed by atoms with Crippen molar-refractivity contribution < 1.29 is 9.13 Å². The Bertz CT molecular complexity index is 624. The minimum atomic E-state index is -0.162. The Morgan fingerprint density at radius 3 is 2.95 bits per heavy atom. The molecule has 1 heterocycles. The summed E-state index contributed by atoms with van der Waals surface area (Å²) in [7, 11) is 0. The lowest BCUT2D eigenvalue weighted by molar-refractivity contribution is 0.357. The third-order valence-corrected chi connectivity index (χ3v) is 3.67. The predicted molar refractivity (Wildman–Crippen MR) is 79.0 cm³/mol. The third-order valence-electron chi connectivity index (χ3n) is 3.67. The second-order valence-corrected chi connectivity index (χ2v) is 5.18. The Morgan fingerprint density at radius 2 is 2.10 bits per heavy atom. The first kappa shape index (κ1) is 13.0. The number of anilines is 1. The van der Waals surface area contributed by atoms with Gasteiger partial charge in [0.2, 0.25) is 0 Å². The molecule has 1 N–H and O–H groups in total. The molecule has 104 valence electrons. The summed E-state index contributed by atoms with van der Waals surface area (Å²) in [5.74, 6) is 0.854. The molecule has 2 nitrogen and oxygen atoms in total. The third kappa shape index (κ3) is 2.77. The van der Waals surface area contributed by atoms with Crippen LogP contribution >= 0.6 is 0 Å². The van der Waals surface area contributed by atoms with Crippen molar-refractivity contribution in [2.24, 2.45) is 0 Å². The molecule has 0 fully saturated rings. The summed E-state index contributed by atoms with van der Waals surface area (Å²) in [5, 5.41) is 3.26. The van der Waals surface area contributed by atoms with Crippen molar-refractivity contribution in [2.45, 2.75) is 19.8 Å². The number of ether oxygens (including phenoxy) is 1. The van der Waals surface area contributed by atoms with Gasteiger partial charge in [-0.1, -0.05) is 18.2 Å². The van der Waals surface area contributed by atoms with Gasteiger partial charge >= 0.3 is 0 Å². The van der Waals surface area contributed by atoms with Crippen molar-refractivity contribution in [3.63, 3.8) is 0 Å². The van der Waals surface area contributed by atoms with Gasteiger partial charge in [0.1, 0.15) is 11.6 Å². The Labute approximate surface area is 118 Å². The average molecular weight is 271 g/mol. The van der Waals surface area contributed by atoms with Crippen LogP contribution in [0.5, 0.6) is 5.75 Å². The van der Waals surface area contributed by atoms with Crippen molar-refractivity contribution in [2.75, 3.05) is 18.5 Å². The summed E-state index contributed by atoms with van der Waals surface area (Å²) in [5.41, 5.74) is 4.09. The molecular weight excluding hydrogens is 253 g/mol. The van der Waals surface area contributed by atoms with E-state index in [-0.39, 0.29) is 5.82 Å². The van der Waals surface area contributed by atoms with Gasteiger partial charge in [0.05, 0.1) is 6.61 Å². The first-order valence-corrected chi connectivity index (χ1v) is 6.97. The maximum absolute atomic E-state index is 13.4. The molecule has 0 unspecified atom stereocenters. The van der Waals surface area contributed by atoms with Crippen molar-refractivity contribution in [3.05, 3.63) is 58.9 Å². The number of halogens is 1. The summed E-state index contributed by atoms with van der Waals surface area (Å²) in [4.78, 5) is 0. The monoisotopic (exact) mass is 271 g/mol. The molecule has 3 heteroatoms. The van der Waals surface area contributed by atoms with Gasteiger partial charge in [0.15, 0.2) is 0 Å². The van der Waals surface area contributed by atoms with Gasteiger partial charge in [-0.3, -0.25) is 0 Å². The van der Waals surface area contributed by atoms with E-state index in [9.17, 15) is 4.39 Å². The first-order chi connectivity index (χ1) is 9.72. The zero-order valence-corrected chi connectivity index (χ0v) is 11.6. The summed E-state index contributed by atoms with van der Waals surface area (Å²) in [6, 6.07) is 11.6. The van der Waals surface area contributed by atoms with Gasteiger partial charge in [0, 0.05) is 18.7 Å². The lowest BCUT2D eigenvalue weighted by atomic mass is 10.1. The first-order valence-electron chi connectivity index (χ1n) is 6.97. The van der Waals surface area contributed by atoms with Gasteiger partial charge < -0.3 is 10.1 Å². The van der Waals surface area contributed by atoms with E-state index in [1.54, 1.807) is 19.1 Å². The van der Waals surface area contributed by atoms with E-state index in [4.69, 9.17) is 4.74 Å². The van der Waals surface area contributed by atoms with E-state index in [0.29, 0.717) is 5.56 Å². The molecule has 0 bridgehead atoms. The van der Waals surface area contributed by atoms with Gasteiger partial charge in [-0.25, -0.2) is 4.39 Å². The number of benzene rings is 2. The normalized spacial score (nSPS) is 12.9. The highest BCUT2D eigenvalue weighted by molar-refractivity contribution is 5.45. The molecule has 0 saturated carbocycles. The Kier molecular flexibility index (Phi) is 3.59. The zero-order valence-electron chi connectivity index (χ0n) is 11.6. The van der Waals surface area contributed by atoms with Crippen LogP contribution in [-0.4, -0.2) is 13.2 Å². The topological polar surface area (TPSA) is 21.3 Å². The van der Waals surface area contributed by atoms with Gasteiger partial charge in [-0.2, -0.15) is 0 Å². The number of rotatable bonds is 4. The van der Waals surface area contributed by atoms with E-state index in [0.717, 1.165) is 37.4 Å². The van der Waals surface area contributed by atoms with E-state index in [1.807, 2.05) is 12.1 Å². The Balaban J connectivity index is 1.58. The number of aryl methyl sites for hydroxylation is 1. The summed E-state index contributed by atoms with van der Waals surface area (Å²) < 4.78 is 18.9. The van der Waals surface area contributed by atoms with Crippen LogP contribution in [0.4, 0.5) is 10.1 Å². The van der Waals surface area contributed by atoms with Crippen LogP contribution in [0.2, 0.25) is 0 Å². The van der Waals surface area contributed by atoms with Gasteiger partial charge in [-0.15, -0.1) is 0 Å². The lowest BCUT2D eigenvalue weighted by Crippen LogP contribution is -2.05. The molecule has 0 amide bonds. The lowest BCUT2D eigenvalue weighted by Gasteiger charge is -2.08. The molecule has 20 heavy (non-hydrogen) atoms. The number of fused-ring (bicyclic) bond motifs is 1. The summed E-state index contributed by atoms with van der Waals surface area (Å²) >= 11 is 0. The molecule has 2 aromatic rings. The fourth-order valence-corrected chi connectivity index (χ4v) is 2.45. The molecule has 1 aliphatic heterocycles. The molecule has 3 rings (SSSR count). The van der Waals surface area contributed by atoms with E-state index >= 15 is 0 Å². The molecule has 2 aromatic carbocycles. The molecule has 0 saturated heterocycles. The standard InChI is InChI=1S/C17H18FNO/c1-12-2-4-15(11-16(12)18)19-8-6-13-3-5-17-14(10-13)7-9-20-17/h2-5,10-11,19H,6-9H2,1H3. The van der Waals surface area contributed by atoms with Crippen molar-refractivity contribution in [1.29, 1.82) is 0 Å². The maximum Gasteiger partial charge on any atom is 0.128 e. The number of hydrogen-bond acceptors (Lipinski definition) is 2. The van der Waals surface area contributed by atoms with Crippen molar-refractivity contribution in [3.8, 4) is 5.75 Å². The quantitative estimate of drug-likeness (QED) is 0.915. The molecule has 0 spiro atoms. The van der Waals surface area contributed by atoms with E-state index in [1.165, 1.54) is 11.1 Å². The van der Waals surface area contributed by atoms with E-state index in [2.05, 4.69) is 17.4 Å². The molecule has 0 radical (unpaired) electrons. The molecule has 0 aliphatic carbocycles. The Hall–Kier alpha value is -2.03. The highest BCUT2D eigenvalue weighted by Crippen LogP contribution is 2.26. The number of nitrogens with one attached hydrogen (secondary N) is 1. The zero-order chi connectivity index (χ0) is 13.9. The molecule has 1 aliphatic rings. The van der Waals surface area contributed by atoms with Crippen LogP contribution in [0, 0.1) is 12.7 Å². The highest BCUT2D eigenvalue weighted by atomic mass is 19.1. The minimum Gasteiger partial charge on any atom is -0.493 e. The minimum absolute atomic E-state index is 0.162. The van der Waals surface area contributed by atoms with Crippen LogP contribution in [-0.2, 0) is 12.8 Å². The number of hydrogen-bond donors (Lipinski definition) is 1. The van der Waals surface area contributed by atoms with Crippen LogP contribution in [0.1, 0.15) is 16.7 Å². The van der Waals surface area contributed by atoms with Crippen molar-refractivity contribution in [1.82, 2.24) is 0 Å². The molecule has 0 aromatic heterocycles. The summed E-state index contributed by atoms with van der Waals surface area (Å²) in [6.07, 6.45) is 1.92. The van der Waals surface area contributed by atoms with Crippen LogP contribution in [0.3, 0.4) is 0 Å². The average Bonchev–Trinajstić information content (AvgIpc) is 2.90. The van der Waals surface area contributed by atoms with Crippen LogP contribution in [0.25, 0.3) is 0 Å². The van der Waals surface area contributed by atoms with Crippen LogP contribution < -0.4 is 10.1 Å². The Morgan fingerprint density at radius 1 is 1.20 bits per heavy atom. The fourth-order valence-electron chi connectivity index (χ4n) is 2.45. The highest BCUT2D eigenvalue weighted by Gasteiger charge is 2.11. The second-order valence-electron chi connectivity index (χ2n) is 5.18. The SMILES string of the molecule is Cc1ccc(NCCc2ccc3c(c2)CCO3)cc1F. The van der Waals surface area contributed by atoms with Crippen molar-refractivity contribution >= 4 is 5.69 Å².